The van der Waals surface area contributed by atoms with Gasteiger partial charge in [-0.05, 0) is 67.1 Å². The lowest BCUT2D eigenvalue weighted by Gasteiger charge is -2.18. The van der Waals surface area contributed by atoms with Gasteiger partial charge in [0.1, 0.15) is 0 Å². The van der Waals surface area contributed by atoms with Gasteiger partial charge in [0.2, 0.25) is 0 Å². The first-order valence-electron chi connectivity index (χ1n) is 10.0. The van der Waals surface area contributed by atoms with Gasteiger partial charge in [-0.15, -0.1) is 0 Å². The van der Waals surface area contributed by atoms with Crippen molar-refractivity contribution in [1.82, 2.24) is 0 Å². The third-order valence-corrected chi connectivity index (χ3v) is 6.71. The van der Waals surface area contributed by atoms with Crippen LogP contribution in [0.4, 0.5) is 24.5 Å². The summed E-state index contributed by atoms with van der Waals surface area (Å²) in [6.07, 6.45) is 3.46. The Labute approximate surface area is 184 Å². The molecule has 0 saturated carbocycles. The van der Waals surface area contributed by atoms with Gasteiger partial charge in [-0.25, -0.2) is 8.42 Å². The van der Waals surface area contributed by atoms with Gasteiger partial charge in [0.05, 0.1) is 16.1 Å². The Balaban J connectivity index is 1.74. The van der Waals surface area contributed by atoms with Crippen LogP contribution in [-0.4, -0.2) is 8.42 Å². The summed E-state index contributed by atoms with van der Waals surface area (Å²) in [7, 11) is -4.10. The van der Waals surface area contributed by atoms with Crippen LogP contribution in [0.1, 0.15) is 24.0 Å². The van der Waals surface area contributed by atoms with Crippen molar-refractivity contribution in [2.24, 2.45) is 0 Å². The molecular weight excluding hydrogens is 437 g/mol. The lowest BCUT2D eigenvalue weighted by atomic mass is 10.0. The maximum Gasteiger partial charge on any atom is 0.416 e. The summed E-state index contributed by atoms with van der Waals surface area (Å²) in [6.45, 7) is 1.95. The van der Waals surface area contributed by atoms with Gasteiger partial charge < -0.3 is 5.32 Å². The normalized spacial score (nSPS) is 14.3. The Hall–Kier alpha value is -3.26. The highest BCUT2D eigenvalue weighted by Gasteiger charge is 2.30. The van der Waals surface area contributed by atoms with Gasteiger partial charge in [0.25, 0.3) is 10.0 Å². The van der Waals surface area contributed by atoms with Gasteiger partial charge in [0, 0.05) is 16.8 Å². The molecule has 3 aromatic rings. The highest BCUT2D eigenvalue weighted by atomic mass is 32.2. The largest absolute Gasteiger partial charge is 0.416 e. The second-order valence-electron chi connectivity index (χ2n) is 7.53. The molecule has 0 aliphatic heterocycles. The number of hydrogen-bond donors (Lipinski definition) is 2. The first kappa shape index (κ1) is 22.0. The van der Waals surface area contributed by atoms with Crippen LogP contribution in [0, 0.1) is 6.92 Å². The fourth-order valence-electron chi connectivity index (χ4n) is 3.62. The smallest absolute Gasteiger partial charge is 0.355 e. The molecule has 0 amide bonds. The van der Waals surface area contributed by atoms with E-state index in [1.54, 1.807) is 18.2 Å². The fourth-order valence-corrected chi connectivity index (χ4v) is 4.69. The molecule has 8 heteroatoms. The van der Waals surface area contributed by atoms with Crippen molar-refractivity contribution in [2.75, 3.05) is 10.0 Å². The molecule has 1 aliphatic rings. The van der Waals surface area contributed by atoms with E-state index >= 15 is 0 Å². The summed E-state index contributed by atoms with van der Waals surface area (Å²) in [5, 5.41) is 4.90. The number of nitrogens with one attached hydrogen (secondary N) is 2. The van der Waals surface area contributed by atoms with Gasteiger partial charge in [-0.2, -0.15) is 13.2 Å². The standard InChI is InChI=1S/C24H21F3N2O2S/c1-16-20-9-5-6-10-21(20)23(15-22(16)28-18-7-3-2-4-8-18)29-32(30,31)19-13-11-17(12-14-19)24(25,26)27/h3,5-15,28-29H,2,4H2,1H3. The summed E-state index contributed by atoms with van der Waals surface area (Å²) in [4.78, 5) is -0.248. The Morgan fingerprint density at radius 3 is 2.22 bits per heavy atom. The summed E-state index contributed by atoms with van der Waals surface area (Å²) in [5.74, 6) is 0. The van der Waals surface area contributed by atoms with Crippen LogP contribution in [0.5, 0.6) is 0 Å². The van der Waals surface area contributed by atoms with E-state index in [9.17, 15) is 21.6 Å². The Kier molecular flexibility index (Phi) is 5.73. The molecule has 0 spiro atoms. The minimum absolute atomic E-state index is 0.248. The first-order valence-corrected chi connectivity index (χ1v) is 11.5. The van der Waals surface area contributed by atoms with E-state index in [0.29, 0.717) is 11.1 Å². The zero-order valence-corrected chi connectivity index (χ0v) is 18.0. The Morgan fingerprint density at radius 2 is 1.59 bits per heavy atom. The van der Waals surface area contributed by atoms with Crippen LogP contribution >= 0.6 is 0 Å². The molecule has 4 nitrogen and oxygen atoms in total. The summed E-state index contributed by atoms with van der Waals surface area (Å²) in [5.41, 5.74) is 2.06. The molecule has 0 heterocycles. The molecular formula is C24H21F3N2O2S. The van der Waals surface area contributed by atoms with E-state index in [2.05, 4.69) is 22.2 Å². The topological polar surface area (TPSA) is 58.2 Å². The molecule has 0 aromatic heterocycles. The third-order valence-electron chi connectivity index (χ3n) is 5.32. The Morgan fingerprint density at radius 1 is 0.906 bits per heavy atom. The summed E-state index contributed by atoms with van der Waals surface area (Å²) >= 11 is 0. The van der Waals surface area contributed by atoms with Crippen LogP contribution in [-0.2, 0) is 16.2 Å². The van der Waals surface area contributed by atoms with Crippen molar-refractivity contribution >= 4 is 32.2 Å². The molecule has 0 bridgehead atoms. The van der Waals surface area contributed by atoms with E-state index in [4.69, 9.17) is 0 Å². The van der Waals surface area contributed by atoms with Crippen molar-refractivity contribution in [3.63, 3.8) is 0 Å². The Bertz CT molecular complexity index is 1330. The monoisotopic (exact) mass is 458 g/mol. The second kappa shape index (κ2) is 8.35. The number of fused-ring (bicyclic) bond motifs is 1. The SMILES string of the molecule is Cc1c(NC2=CCCC=C2)cc(NS(=O)(=O)c2ccc(C(F)(F)F)cc2)c2ccccc12. The average Bonchev–Trinajstić information content (AvgIpc) is 2.77. The van der Waals surface area contributed by atoms with Crippen molar-refractivity contribution in [2.45, 2.75) is 30.8 Å². The minimum atomic E-state index is -4.54. The quantitative estimate of drug-likeness (QED) is 0.452. The molecule has 1 aliphatic carbocycles. The van der Waals surface area contributed by atoms with E-state index in [-0.39, 0.29) is 4.90 Å². The number of benzene rings is 3. The summed E-state index contributed by atoms with van der Waals surface area (Å²) < 4.78 is 67.0. The lowest BCUT2D eigenvalue weighted by Crippen LogP contribution is -2.14. The number of anilines is 2. The minimum Gasteiger partial charge on any atom is -0.355 e. The predicted molar refractivity (Wildman–Crippen MR) is 121 cm³/mol. The number of allylic oxidation sites excluding steroid dienone is 3. The number of sulfonamides is 1. The second-order valence-corrected chi connectivity index (χ2v) is 9.22. The first-order chi connectivity index (χ1) is 15.1. The van der Waals surface area contributed by atoms with Gasteiger partial charge >= 0.3 is 6.18 Å². The number of halogens is 3. The molecule has 2 N–H and O–H groups in total. The van der Waals surface area contributed by atoms with Crippen LogP contribution in [0.3, 0.4) is 0 Å². The average molecular weight is 459 g/mol. The van der Waals surface area contributed by atoms with Crippen molar-refractivity contribution in [3.8, 4) is 0 Å². The molecule has 32 heavy (non-hydrogen) atoms. The fraction of sp³-hybridized carbons (Fsp3) is 0.167. The van der Waals surface area contributed by atoms with Crippen molar-refractivity contribution in [3.05, 3.63) is 89.6 Å². The number of rotatable bonds is 5. The van der Waals surface area contributed by atoms with Crippen molar-refractivity contribution < 1.29 is 21.6 Å². The van der Waals surface area contributed by atoms with Crippen LogP contribution in [0.15, 0.2) is 83.4 Å². The highest BCUT2D eigenvalue weighted by Crippen LogP contribution is 2.35. The molecule has 166 valence electrons. The lowest BCUT2D eigenvalue weighted by molar-refractivity contribution is -0.137. The molecule has 0 atom stereocenters. The molecule has 0 fully saturated rings. The maximum absolute atomic E-state index is 13.0. The zero-order chi connectivity index (χ0) is 22.9. The van der Waals surface area contributed by atoms with Gasteiger partial charge in [-0.3, -0.25) is 4.72 Å². The summed E-state index contributed by atoms with van der Waals surface area (Å²) in [6, 6.07) is 12.5. The van der Waals surface area contributed by atoms with E-state index in [1.165, 1.54) is 0 Å². The molecule has 3 aromatic carbocycles. The van der Waals surface area contributed by atoms with Crippen molar-refractivity contribution in [1.29, 1.82) is 0 Å². The highest BCUT2D eigenvalue weighted by molar-refractivity contribution is 7.92. The van der Waals surface area contributed by atoms with Gasteiger partial charge in [-0.1, -0.05) is 36.4 Å². The number of alkyl halides is 3. The van der Waals surface area contributed by atoms with Crippen LogP contribution < -0.4 is 10.0 Å². The molecule has 0 radical (unpaired) electrons. The molecule has 4 rings (SSSR count). The van der Waals surface area contributed by atoms with Gasteiger partial charge in [0.15, 0.2) is 0 Å². The number of aryl methyl sites for hydroxylation is 1. The number of hydrogen-bond acceptors (Lipinski definition) is 3. The van der Waals surface area contributed by atoms with Crippen LogP contribution in [0.25, 0.3) is 10.8 Å². The maximum atomic E-state index is 13.0. The van der Waals surface area contributed by atoms with E-state index in [1.807, 2.05) is 25.1 Å². The molecule has 0 unspecified atom stereocenters. The van der Waals surface area contributed by atoms with E-state index in [0.717, 1.165) is 59.4 Å². The van der Waals surface area contributed by atoms with Crippen LogP contribution in [0.2, 0.25) is 0 Å². The third kappa shape index (κ3) is 4.50. The van der Waals surface area contributed by atoms with E-state index < -0.39 is 21.8 Å². The molecule has 0 saturated heterocycles. The zero-order valence-electron chi connectivity index (χ0n) is 17.2. The predicted octanol–water partition coefficient (Wildman–Crippen LogP) is 6.61.